The third-order valence-electron chi connectivity index (χ3n) is 4.08. The zero-order valence-electron chi connectivity index (χ0n) is 12.7. The molecule has 4 rings (SSSR count). The summed E-state index contributed by atoms with van der Waals surface area (Å²) in [6, 6.07) is 11.6. The number of aromatic nitrogens is 3. The SMILES string of the molecule is Cn1cc(/C=C2\Cc3ccccc3C2=O)c(-c2ccncc2)n1. The number of nitrogens with zero attached hydrogens (tertiary/aromatic N) is 3. The van der Waals surface area contributed by atoms with Gasteiger partial charge in [0.1, 0.15) is 0 Å². The molecule has 0 fully saturated rings. The second-order valence-electron chi connectivity index (χ2n) is 5.68. The van der Waals surface area contributed by atoms with Crippen LogP contribution in [0.4, 0.5) is 0 Å². The van der Waals surface area contributed by atoms with Crippen molar-refractivity contribution in [3.63, 3.8) is 0 Å². The average Bonchev–Trinajstić information content (AvgIpc) is 3.10. The molecule has 4 heteroatoms. The summed E-state index contributed by atoms with van der Waals surface area (Å²) in [5, 5.41) is 4.53. The highest BCUT2D eigenvalue weighted by molar-refractivity contribution is 6.15. The highest BCUT2D eigenvalue weighted by Crippen LogP contribution is 2.30. The van der Waals surface area contributed by atoms with Gasteiger partial charge in [-0.2, -0.15) is 5.10 Å². The summed E-state index contributed by atoms with van der Waals surface area (Å²) in [6.07, 6.45) is 8.08. The summed E-state index contributed by atoms with van der Waals surface area (Å²) in [7, 11) is 1.89. The Bertz CT molecular complexity index is 923. The van der Waals surface area contributed by atoms with E-state index in [1.54, 1.807) is 17.1 Å². The average molecular weight is 301 g/mol. The van der Waals surface area contributed by atoms with Crippen molar-refractivity contribution in [2.24, 2.45) is 7.05 Å². The van der Waals surface area contributed by atoms with Crippen LogP contribution in [0, 0.1) is 0 Å². The topological polar surface area (TPSA) is 47.8 Å². The Morgan fingerprint density at radius 1 is 1.13 bits per heavy atom. The third kappa shape index (κ3) is 2.38. The van der Waals surface area contributed by atoms with Gasteiger partial charge in [-0.05, 0) is 23.8 Å². The van der Waals surface area contributed by atoms with E-state index in [2.05, 4.69) is 10.1 Å². The first-order valence-corrected chi connectivity index (χ1v) is 7.49. The predicted octanol–water partition coefficient (Wildman–Crippen LogP) is 3.30. The van der Waals surface area contributed by atoms with Crippen LogP contribution in [0.25, 0.3) is 17.3 Å². The molecule has 1 aliphatic rings. The molecule has 0 saturated heterocycles. The van der Waals surface area contributed by atoms with Gasteiger partial charge in [0.25, 0.3) is 0 Å². The molecule has 23 heavy (non-hydrogen) atoms. The maximum absolute atomic E-state index is 12.6. The highest BCUT2D eigenvalue weighted by Gasteiger charge is 2.24. The Labute approximate surface area is 134 Å². The first kappa shape index (κ1) is 13.6. The van der Waals surface area contributed by atoms with Crippen LogP contribution in [0.1, 0.15) is 21.5 Å². The molecule has 3 aromatic rings. The van der Waals surface area contributed by atoms with Gasteiger partial charge >= 0.3 is 0 Å². The van der Waals surface area contributed by atoms with Gasteiger partial charge in [-0.1, -0.05) is 24.3 Å². The van der Waals surface area contributed by atoms with Gasteiger partial charge in [-0.3, -0.25) is 14.5 Å². The monoisotopic (exact) mass is 301 g/mol. The van der Waals surface area contributed by atoms with Gasteiger partial charge in [-0.15, -0.1) is 0 Å². The second kappa shape index (κ2) is 5.32. The van der Waals surface area contributed by atoms with Gasteiger partial charge in [0.15, 0.2) is 5.78 Å². The van der Waals surface area contributed by atoms with Gasteiger partial charge in [0.2, 0.25) is 0 Å². The summed E-state index contributed by atoms with van der Waals surface area (Å²) >= 11 is 0. The fourth-order valence-corrected chi connectivity index (χ4v) is 3.01. The lowest BCUT2D eigenvalue weighted by molar-refractivity contribution is 0.104. The summed E-state index contributed by atoms with van der Waals surface area (Å²) in [5.41, 5.74) is 5.54. The second-order valence-corrected chi connectivity index (χ2v) is 5.68. The Morgan fingerprint density at radius 3 is 2.70 bits per heavy atom. The van der Waals surface area contributed by atoms with Crippen LogP contribution >= 0.6 is 0 Å². The van der Waals surface area contributed by atoms with Gasteiger partial charge in [0.05, 0.1) is 5.69 Å². The molecule has 0 aliphatic heterocycles. The van der Waals surface area contributed by atoms with Crippen molar-refractivity contribution >= 4 is 11.9 Å². The number of ketones is 1. The Hall–Kier alpha value is -3.01. The number of aryl methyl sites for hydroxylation is 1. The number of hydrogen-bond acceptors (Lipinski definition) is 3. The summed E-state index contributed by atoms with van der Waals surface area (Å²) < 4.78 is 1.77. The fourth-order valence-electron chi connectivity index (χ4n) is 3.01. The molecule has 0 unspecified atom stereocenters. The van der Waals surface area contributed by atoms with Crippen LogP contribution in [0.3, 0.4) is 0 Å². The van der Waals surface area contributed by atoms with Crippen LogP contribution in [0.2, 0.25) is 0 Å². The zero-order chi connectivity index (χ0) is 15.8. The molecular formula is C19H15N3O. The van der Waals surface area contributed by atoms with E-state index < -0.39 is 0 Å². The number of carbonyl (C=O) groups is 1. The number of allylic oxidation sites excluding steroid dienone is 1. The minimum Gasteiger partial charge on any atom is -0.289 e. The maximum atomic E-state index is 12.6. The number of rotatable bonds is 2. The van der Waals surface area contributed by atoms with Crippen molar-refractivity contribution in [1.29, 1.82) is 0 Å². The number of carbonyl (C=O) groups excluding carboxylic acids is 1. The molecule has 0 radical (unpaired) electrons. The van der Waals surface area contributed by atoms with Gasteiger partial charge in [0, 0.05) is 54.3 Å². The highest BCUT2D eigenvalue weighted by atomic mass is 16.1. The number of fused-ring (bicyclic) bond motifs is 1. The predicted molar refractivity (Wildman–Crippen MR) is 88.9 cm³/mol. The standard InChI is InChI=1S/C19H15N3O/c1-22-12-16(18(21-22)13-6-8-20-9-7-13)11-15-10-14-4-2-3-5-17(14)19(15)23/h2-9,11-12H,10H2,1H3/b15-11+. The van der Waals surface area contributed by atoms with E-state index in [1.165, 1.54) is 0 Å². The van der Waals surface area contributed by atoms with Crippen molar-refractivity contribution in [2.75, 3.05) is 0 Å². The third-order valence-corrected chi connectivity index (χ3v) is 4.08. The van der Waals surface area contributed by atoms with E-state index in [4.69, 9.17) is 0 Å². The van der Waals surface area contributed by atoms with E-state index in [1.807, 2.05) is 55.7 Å². The molecule has 0 saturated carbocycles. The molecule has 0 N–H and O–H groups in total. The molecule has 1 aromatic carbocycles. The smallest absolute Gasteiger partial charge is 0.189 e. The Morgan fingerprint density at radius 2 is 1.91 bits per heavy atom. The Balaban J connectivity index is 1.78. The van der Waals surface area contributed by atoms with E-state index in [0.717, 1.165) is 33.5 Å². The van der Waals surface area contributed by atoms with Gasteiger partial charge < -0.3 is 0 Å². The zero-order valence-corrected chi connectivity index (χ0v) is 12.7. The van der Waals surface area contributed by atoms with Gasteiger partial charge in [-0.25, -0.2) is 0 Å². The molecule has 0 atom stereocenters. The van der Waals surface area contributed by atoms with Crippen molar-refractivity contribution in [2.45, 2.75) is 6.42 Å². The van der Waals surface area contributed by atoms with Crippen molar-refractivity contribution in [3.8, 4) is 11.3 Å². The minimum atomic E-state index is 0.116. The number of Topliss-reactive ketones (excluding diaryl/α,β-unsaturated/α-hetero) is 1. The van der Waals surface area contributed by atoms with Crippen LogP contribution in [-0.2, 0) is 13.5 Å². The molecule has 112 valence electrons. The lowest BCUT2D eigenvalue weighted by Gasteiger charge is -1.99. The molecule has 1 aliphatic carbocycles. The fraction of sp³-hybridized carbons (Fsp3) is 0.105. The van der Waals surface area contributed by atoms with E-state index in [-0.39, 0.29) is 5.78 Å². The van der Waals surface area contributed by atoms with Crippen molar-refractivity contribution in [3.05, 3.63) is 77.3 Å². The van der Waals surface area contributed by atoms with Crippen LogP contribution in [0.15, 0.2) is 60.6 Å². The largest absolute Gasteiger partial charge is 0.289 e. The van der Waals surface area contributed by atoms with Crippen molar-refractivity contribution in [1.82, 2.24) is 14.8 Å². The normalized spacial score (nSPS) is 15.2. The molecular weight excluding hydrogens is 286 g/mol. The number of benzene rings is 1. The summed E-state index contributed by atoms with van der Waals surface area (Å²) in [4.78, 5) is 16.6. The molecule has 2 heterocycles. The molecule has 4 nitrogen and oxygen atoms in total. The minimum absolute atomic E-state index is 0.116. The summed E-state index contributed by atoms with van der Waals surface area (Å²) in [6.45, 7) is 0. The summed E-state index contributed by atoms with van der Waals surface area (Å²) in [5.74, 6) is 0.116. The lowest BCUT2D eigenvalue weighted by Crippen LogP contribution is -1.95. The number of pyridine rings is 1. The molecule has 2 aromatic heterocycles. The first-order valence-electron chi connectivity index (χ1n) is 7.49. The first-order chi connectivity index (χ1) is 11.2. The molecule has 0 amide bonds. The molecule has 0 bridgehead atoms. The van der Waals surface area contributed by atoms with E-state index in [0.29, 0.717) is 6.42 Å². The lowest BCUT2D eigenvalue weighted by atomic mass is 10.1. The number of hydrogen-bond donors (Lipinski definition) is 0. The van der Waals surface area contributed by atoms with E-state index in [9.17, 15) is 4.79 Å². The van der Waals surface area contributed by atoms with Crippen molar-refractivity contribution < 1.29 is 4.79 Å². The quantitative estimate of drug-likeness (QED) is 0.682. The molecule has 0 spiro atoms. The Kier molecular flexibility index (Phi) is 3.15. The van der Waals surface area contributed by atoms with Crippen LogP contribution in [0.5, 0.6) is 0 Å². The van der Waals surface area contributed by atoms with E-state index >= 15 is 0 Å². The van der Waals surface area contributed by atoms with Crippen LogP contribution < -0.4 is 0 Å². The maximum Gasteiger partial charge on any atom is 0.189 e. The van der Waals surface area contributed by atoms with Crippen LogP contribution in [-0.4, -0.2) is 20.5 Å².